The van der Waals surface area contributed by atoms with Crippen LogP contribution in [0.1, 0.15) is 50.4 Å². The molecule has 2 aromatic heterocycles. The van der Waals surface area contributed by atoms with Gasteiger partial charge < -0.3 is 10.3 Å². The molecule has 1 aliphatic rings. The van der Waals surface area contributed by atoms with Crippen LogP contribution in [0.5, 0.6) is 0 Å². The maximum atomic E-state index is 5.79. The Hall–Kier alpha value is -1.57. The summed E-state index contributed by atoms with van der Waals surface area (Å²) in [5, 5.41) is 12.7. The highest BCUT2D eigenvalue weighted by molar-refractivity contribution is 7.98. The first-order chi connectivity index (χ1) is 9.15. The summed E-state index contributed by atoms with van der Waals surface area (Å²) < 4.78 is 7.12. The topological polar surface area (TPSA) is 95.7 Å². The van der Waals surface area contributed by atoms with Crippen molar-refractivity contribution in [1.29, 1.82) is 0 Å². The molecular formula is C11H16N6OS. The third-order valence-electron chi connectivity index (χ3n) is 2.96. The van der Waals surface area contributed by atoms with Crippen LogP contribution in [-0.2, 0) is 5.75 Å². The Morgan fingerprint density at radius 1 is 1.42 bits per heavy atom. The molecule has 0 saturated heterocycles. The molecule has 2 N–H and O–H groups in total. The van der Waals surface area contributed by atoms with Crippen molar-refractivity contribution in [1.82, 2.24) is 24.9 Å². The fourth-order valence-corrected chi connectivity index (χ4v) is 2.74. The van der Waals surface area contributed by atoms with Gasteiger partial charge in [0.2, 0.25) is 11.8 Å². The van der Waals surface area contributed by atoms with Gasteiger partial charge in [-0.3, -0.25) is 4.57 Å². The molecule has 19 heavy (non-hydrogen) atoms. The van der Waals surface area contributed by atoms with Gasteiger partial charge >= 0.3 is 0 Å². The molecule has 2 aromatic rings. The van der Waals surface area contributed by atoms with E-state index in [4.69, 9.17) is 10.3 Å². The third-order valence-corrected chi connectivity index (χ3v) is 3.89. The van der Waals surface area contributed by atoms with Gasteiger partial charge in [-0.1, -0.05) is 16.9 Å². The zero-order chi connectivity index (χ0) is 13.4. The summed E-state index contributed by atoms with van der Waals surface area (Å²) in [6, 6.07) is 0.224. The lowest BCUT2D eigenvalue weighted by Crippen LogP contribution is -2.07. The van der Waals surface area contributed by atoms with E-state index in [9.17, 15) is 0 Å². The fraction of sp³-hybridized carbons (Fsp3) is 0.636. The second kappa shape index (κ2) is 4.84. The highest BCUT2D eigenvalue weighted by Gasteiger charge is 2.28. The van der Waals surface area contributed by atoms with Crippen molar-refractivity contribution in [3.8, 4) is 0 Å². The Bertz CT molecular complexity index is 574. The van der Waals surface area contributed by atoms with Crippen LogP contribution in [0.3, 0.4) is 0 Å². The molecule has 8 heteroatoms. The Balaban J connectivity index is 1.68. The Morgan fingerprint density at radius 3 is 2.89 bits per heavy atom. The third kappa shape index (κ3) is 2.58. The van der Waals surface area contributed by atoms with Crippen LogP contribution in [-0.4, -0.2) is 24.9 Å². The molecule has 0 bridgehead atoms. The molecule has 0 radical (unpaired) electrons. The summed E-state index contributed by atoms with van der Waals surface area (Å²) in [6.45, 7) is 4.09. The maximum absolute atomic E-state index is 5.79. The van der Waals surface area contributed by atoms with Crippen molar-refractivity contribution in [2.75, 3.05) is 5.73 Å². The molecule has 0 atom stereocenters. The summed E-state index contributed by atoms with van der Waals surface area (Å²) >= 11 is 1.51. The van der Waals surface area contributed by atoms with Gasteiger partial charge in [-0.15, -0.1) is 10.2 Å². The van der Waals surface area contributed by atoms with E-state index in [0.717, 1.165) is 11.0 Å². The minimum Gasteiger partial charge on any atom is -0.368 e. The standard InChI is InChI=1S/C11H16N6OS/c1-6(2)17-10(12)14-15-11(17)19-5-8-13-9(16-18-8)7-3-4-7/h6-7H,3-5H2,1-2H3,(H2,12,14). The molecular weight excluding hydrogens is 264 g/mol. The molecule has 0 amide bonds. The van der Waals surface area contributed by atoms with Gasteiger partial charge in [-0.2, -0.15) is 4.98 Å². The van der Waals surface area contributed by atoms with E-state index in [2.05, 4.69) is 20.3 Å². The summed E-state index contributed by atoms with van der Waals surface area (Å²) in [4.78, 5) is 4.38. The maximum Gasteiger partial charge on any atom is 0.237 e. The Labute approximate surface area is 115 Å². The van der Waals surface area contributed by atoms with E-state index in [1.54, 1.807) is 0 Å². The number of nitrogens with two attached hydrogens (primary N) is 1. The van der Waals surface area contributed by atoms with Gasteiger partial charge in [0, 0.05) is 12.0 Å². The van der Waals surface area contributed by atoms with Crippen LogP contribution in [0.4, 0.5) is 5.95 Å². The zero-order valence-electron chi connectivity index (χ0n) is 10.9. The lowest BCUT2D eigenvalue weighted by molar-refractivity contribution is 0.385. The minimum absolute atomic E-state index is 0.224. The number of nitrogens with zero attached hydrogens (tertiary/aromatic N) is 5. The summed E-state index contributed by atoms with van der Waals surface area (Å²) in [6.07, 6.45) is 2.34. The second-order valence-electron chi connectivity index (χ2n) is 4.91. The molecule has 0 spiro atoms. The van der Waals surface area contributed by atoms with Crippen LogP contribution in [0.25, 0.3) is 0 Å². The number of rotatable bonds is 5. The van der Waals surface area contributed by atoms with Gasteiger partial charge in [-0.25, -0.2) is 0 Å². The number of anilines is 1. The first-order valence-corrected chi connectivity index (χ1v) is 7.29. The molecule has 102 valence electrons. The monoisotopic (exact) mass is 280 g/mol. The van der Waals surface area contributed by atoms with Gasteiger partial charge in [0.1, 0.15) is 0 Å². The first kappa shape index (κ1) is 12.5. The average molecular weight is 280 g/mol. The lowest BCUT2D eigenvalue weighted by Gasteiger charge is -2.10. The summed E-state index contributed by atoms with van der Waals surface area (Å²) in [5.74, 6) is 2.99. The molecule has 3 rings (SSSR count). The molecule has 1 fully saturated rings. The van der Waals surface area contributed by atoms with E-state index < -0.39 is 0 Å². The molecule has 2 heterocycles. The number of thioether (sulfide) groups is 1. The van der Waals surface area contributed by atoms with E-state index in [1.165, 1.54) is 24.6 Å². The van der Waals surface area contributed by atoms with Gasteiger partial charge in [0.15, 0.2) is 11.0 Å². The van der Waals surface area contributed by atoms with Crippen molar-refractivity contribution in [2.24, 2.45) is 0 Å². The quantitative estimate of drug-likeness (QED) is 0.836. The minimum atomic E-state index is 0.224. The van der Waals surface area contributed by atoms with Crippen molar-refractivity contribution in [3.63, 3.8) is 0 Å². The summed E-state index contributed by atoms with van der Waals surface area (Å²) in [5.41, 5.74) is 5.79. The zero-order valence-corrected chi connectivity index (χ0v) is 11.7. The molecule has 0 aliphatic heterocycles. The first-order valence-electron chi connectivity index (χ1n) is 6.31. The SMILES string of the molecule is CC(C)n1c(N)nnc1SCc1nc(C2CC2)no1. The highest BCUT2D eigenvalue weighted by Crippen LogP contribution is 2.38. The average Bonchev–Trinajstić information content (AvgIpc) is 2.99. The van der Waals surface area contributed by atoms with Crippen LogP contribution in [0.15, 0.2) is 9.68 Å². The summed E-state index contributed by atoms with van der Waals surface area (Å²) in [7, 11) is 0. The van der Waals surface area contributed by atoms with Crippen LogP contribution in [0, 0.1) is 0 Å². The second-order valence-corrected chi connectivity index (χ2v) is 5.86. The lowest BCUT2D eigenvalue weighted by atomic mass is 10.4. The van der Waals surface area contributed by atoms with Crippen LogP contribution < -0.4 is 5.73 Å². The molecule has 0 aromatic carbocycles. The largest absolute Gasteiger partial charge is 0.368 e. The van der Waals surface area contributed by atoms with Gasteiger partial charge in [0.05, 0.1) is 5.75 Å². The number of hydrogen-bond acceptors (Lipinski definition) is 7. The van der Waals surface area contributed by atoms with Crippen molar-refractivity contribution in [2.45, 2.75) is 49.6 Å². The van der Waals surface area contributed by atoms with Crippen molar-refractivity contribution < 1.29 is 4.52 Å². The Morgan fingerprint density at radius 2 is 2.21 bits per heavy atom. The van der Waals surface area contributed by atoms with Gasteiger partial charge in [-0.05, 0) is 26.7 Å². The smallest absolute Gasteiger partial charge is 0.237 e. The van der Waals surface area contributed by atoms with E-state index in [1.807, 2.05) is 18.4 Å². The predicted octanol–water partition coefficient (Wildman–Crippen LogP) is 1.99. The predicted molar refractivity (Wildman–Crippen MR) is 70.7 cm³/mol. The van der Waals surface area contributed by atoms with Crippen molar-refractivity contribution in [3.05, 3.63) is 11.7 Å². The molecule has 0 unspecified atom stereocenters. The number of hydrogen-bond donors (Lipinski definition) is 1. The van der Waals surface area contributed by atoms with Crippen LogP contribution in [0.2, 0.25) is 0 Å². The normalized spacial score (nSPS) is 15.3. The fourth-order valence-electron chi connectivity index (χ4n) is 1.83. The van der Waals surface area contributed by atoms with Crippen molar-refractivity contribution >= 4 is 17.7 Å². The molecule has 7 nitrogen and oxygen atoms in total. The Kier molecular flexibility index (Phi) is 3.17. The van der Waals surface area contributed by atoms with E-state index in [0.29, 0.717) is 23.5 Å². The molecule has 1 aliphatic carbocycles. The van der Waals surface area contributed by atoms with E-state index >= 15 is 0 Å². The number of nitrogen functional groups attached to an aromatic ring is 1. The number of aromatic nitrogens is 5. The van der Waals surface area contributed by atoms with Crippen LogP contribution >= 0.6 is 11.8 Å². The van der Waals surface area contributed by atoms with E-state index in [-0.39, 0.29) is 6.04 Å². The molecule has 1 saturated carbocycles. The highest BCUT2D eigenvalue weighted by atomic mass is 32.2. The van der Waals surface area contributed by atoms with Gasteiger partial charge in [0.25, 0.3) is 0 Å².